The van der Waals surface area contributed by atoms with Crippen LogP contribution in [0.5, 0.6) is 5.75 Å². The second kappa shape index (κ2) is 4.87. The van der Waals surface area contributed by atoms with Crippen LogP contribution in [0.3, 0.4) is 0 Å². The highest BCUT2D eigenvalue weighted by Gasteiger charge is 2.45. The van der Waals surface area contributed by atoms with Gasteiger partial charge < -0.3 is 9.84 Å². The maximum atomic E-state index is 10.8. The van der Waals surface area contributed by atoms with Crippen LogP contribution >= 0.6 is 0 Å². The Bertz CT molecular complexity index is 489. The number of fused-ring (bicyclic) bond motifs is 1. The molecule has 1 aromatic rings. The van der Waals surface area contributed by atoms with Crippen LogP contribution in [-0.4, -0.2) is 17.7 Å². The molecule has 3 rings (SSSR count). The van der Waals surface area contributed by atoms with Gasteiger partial charge >= 0.3 is 5.97 Å². The van der Waals surface area contributed by atoms with Gasteiger partial charge in [-0.05, 0) is 61.8 Å². The molecule has 2 aliphatic carbocycles. The van der Waals surface area contributed by atoms with Crippen molar-refractivity contribution < 1.29 is 14.6 Å². The fraction of sp³-hybridized carbons (Fsp3) is 0.562. The van der Waals surface area contributed by atoms with Crippen LogP contribution in [0, 0.1) is 5.41 Å². The molecule has 0 aliphatic heterocycles. The lowest BCUT2D eigenvalue weighted by Gasteiger charge is -2.18. The molecule has 0 radical (unpaired) electrons. The number of carboxylic acid groups (broad SMARTS) is 1. The minimum Gasteiger partial charge on any atom is -0.493 e. The Morgan fingerprint density at radius 3 is 2.63 bits per heavy atom. The van der Waals surface area contributed by atoms with Crippen LogP contribution in [0.4, 0.5) is 0 Å². The molecular formula is C16H20O3. The summed E-state index contributed by atoms with van der Waals surface area (Å²) in [5.74, 6) is 0.184. The van der Waals surface area contributed by atoms with E-state index in [4.69, 9.17) is 9.84 Å². The first kappa shape index (κ1) is 12.5. The zero-order valence-corrected chi connectivity index (χ0v) is 11.2. The minimum atomic E-state index is -0.716. The van der Waals surface area contributed by atoms with Crippen LogP contribution in [-0.2, 0) is 17.6 Å². The zero-order chi connectivity index (χ0) is 13.3. The highest BCUT2D eigenvalue weighted by molar-refractivity contribution is 5.68. The summed E-state index contributed by atoms with van der Waals surface area (Å²) in [6, 6.07) is 6.34. The van der Waals surface area contributed by atoms with Gasteiger partial charge in [-0.3, -0.25) is 4.79 Å². The van der Waals surface area contributed by atoms with E-state index < -0.39 is 5.97 Å². The number of carbonyl (C=O) groups is 1. The molecule has 1 fully saturated rings. The van der Waals surface area contributed by atoms with Crippen LogP contribution < -0.4 is 4.74 Å². The number of hydrogen-bond donors (Lipinski definition) is 1. The predicted molar refractivity (Wildman–Crippen MR) is 72.5 cm³/mol. The van der Waals surface area contributed by atoms with Gasteiger partial charge in [-0.25, -0.2) is 0 Å². The Kier molecular flexibility index (Phi) is 3.21. The van der Waals surface area contributed by atoms with Crippen LogP contribution in [0.1, 0.15) is 43.2 Å². The molecule has 0 amide bonds. The minimum absolute atomic E-state index is 0.0955. The Morgan fingerprint density at radius 1 is 1.21 bits per heavy atom. The van der Waals surface area contributed by atoms with Crippen molar-refractivity contribution in [3.05, 3.63) is 29.3 Å². The fourth-order valence-electron chi connectivity index (χ4n) is 2.91. The van der Waals surface area contributed by atoms with Crippen LogP contribution in [0.25, 0.3) is 0 Å². The van der Waals surface area contributed by atoms with E-state index in [0.717, 1.165) is 25.0 Å². The van der Waals surface area contributed by atoms with Gasteiger partial charge in [-0.1, -0.05) is 6.07 Å². The van der Waals surface area contributed by atoms with Crippen molar-refractivity contribution in [3.8, 4) is 5.75 Å². The molecule has 1 saturated carbocycles. The molecule has 3 nitrogen and oxygen atoms in total. The monoisotopic (exact) mass is 260 g/mol. The third-order valence-corrected chi connectivity index (χ3v) is 4.35. The normalized spacial score (nSPS) is 19.6. The summed E-state index contributed by atoms with van der Waals surface area (Å²) in [5, 5.41) is 8.89. The van der Waals surface area contributed by atoms with Gasteiger partial charge in [0.2, 0.25) is 0 Å². The largest absolute Gasteiger partial charge is 0.493 e. The zero-order valence-electron chi connectivity index (χ0n) is 11.2. The molecule has 1 N–H and O–H groups in total. The predicted octanol–water partition coefficient (Wildman–Crippen LogP) is 3.20. The molecule has 0 bridgehead atoms. The number of aryl methyl sites for hydroxylation is 2. The summed E-state index contributed by atoms with van der Waals surface area (Å²) in [6.45, 7) is 0.540. The molecule has 0 spiro atoms. The second-order valence-corrected chi connectivity index (χ2v) is 6.00. The Morgan fingerprint density at radius 2 is 1.95 bits per heavy atom. The van der Waals surface area contributed by atoms with E-state index in [-0.39, 0.29) is 11.8 Å². The number of hydrogen-bond acceptors (Lipinski definition) is 2. The average Bonchev–Trinajstić information content (AvgIpc) is 3.15. The highest BCUT2D eigenvalue weighted by Crippen LogP contribution is 2.49. The lowest BCUT2D eigenvalue weighted by atomic mass is 9.92. The van der Waals surface area contributed by atoms with E-state index in [1.807, 2.05) is 6.07 Å². The van der Waals surface area contributed by atoms with Gasteiger partial charge in [0.25, 0.3) is 0 Å². The molecule has 0 atom stereocenters. The summed E-state index contributed by atoms with van der Waals surface area (Å²) in [5.41, 5.74) is 2.76. The van der Waals surface area contributed by atoms with Crippen molar-refractivity contribution in [2.24, 2.45) is 5.41 Å². The highest BCUT2D eigenvalue weighted by atomic mass is 16.5. The first-order valence-electron chi connectivity index (χ1n) is 7.13. The SMILES string of the molecule is O=C(O)CC1(COc2ccc3c(c2)CCCC3)CC1. The van der Waals surface area contributed by atoms with E-state index in [1.165, 1.54) is 30.4 Å². The average molecular weight is 260 g/mol. The number of ether oxygens (including phenoxy) is 1. The Hall–Kier alpha value is -1.51. The van der Waals surface area contributed by atoms with E-state index in [0.29, 0.717) is 6.61 Å². The topological polar surface area (TPSA) is 46.5 Å². The molecule has 102 valence electrons. The summed E-state index contributed by atoms with van der Waals surface area (Å²) in [6.07, 6.45) is 7.06. The van der Waals surface area contributed by atoms with E-state index in [9.17, 15) is 4.79 Å². The third kappa shape index (κ3) is 2.91. The maximum Gasteiger partial charge on any atom is 0.304 e. The van der Waals surface area contributed by atoms with Gasteiger partial charge in [0.1, 0.15) is 5.75 Å². The number of benzene rings is 1. The molecule has 1 aromatic carbocycles. The number of aliphatic carboxylic acids is 1. The van der Waals surface area contributed by atoms with Crippen molar-refractivity contribution in [2.45, 2.75) is 44.9 Å². The number of carboxylic acids is 1. The van der Waals surface area contributed by atoms with Gasteiger partial charge in [0.05, 0.1) is 13.0 Å². The summed E-state index contributed by atoms with van der Waals surface area (Å²) in [7, 11) is 0. The quantitative estimate of drug-likeness (QED) is 0.884. The summed E-state index contributed by atoms with van der Waals surface area (Å²) >= 11 is 0. The lowest BCUT2D eigenvalue weighted by Crippen LogP contribution is -2.17. The van der Waals surface area contributed by atoms with E-state index in [1.54, 1.807) is 0 Å². The molecule has 0 saturated heterocycles. The Labute approximate surface area is 113 Å². The standard InChI is InChI=1S/C16H20O3/c17-15(18)10-16(7-8-16)11-19-14-6-5-12-3-1-2-4-13(12)9-14/h5-6,9H,1-4,7-8,10-11H2,(H,17,18). The van der Waals surface area contributed by atoms with Crippen LogP contribution in [0.2, 0.25) is 0 Å². The van der Waals surface area contributed by atoms with Crippen molar-refractivity contribution in [1.29, 1.82) is 0 Å². The first-order chi connectivity index (χ1) is 9.17. The Balaban J connectivity index is 1.63. The summed E-state index contributed by atoms with van der Waals surface area (Å²) in [4.78, 5) is 10.8. The van der Waals surface area contributed by atoms with Gasteiger partial charge in [-0.15, -0.1) is 0 Å². The third-order valence-electron chi connectivity index (χ3n) is 4.35. The summed E-state index contributed by atoms with van der Waals surface area (Å²) < 4.78 is 5.84. The van der Waals surface area contributed by atoms with Crippen molar-refractivity contribution in [1.82, 2.24) is 0 Å². The second-order valence-electron chi connectivity index (χ2n) is 6.00. The smallest absolute Gasteiger partial charge is 0.304 e. The molecule has 2 aliphatic rings. The van der Waals surface area contributed by atoms with Crippen molar-refractivity contribution >= 4 is 5.97 Å². The van der Waals surface area contributed by atoms with Gasteiger partial charge in [0.15, 0.2) is 0 Å². The van der Waals surface area contributed by atoms with Gasteiger partial charge in [-0.2, -0.15) is 0 Å². The van der Waals surface area contributed by atoms with Gasteiger partial charge in [0, 0.05) is 5.41 Å². The lowest BCUT2D eigenvalue weighted by molar-refractivity contribution is -0.138. The van der Waals surface area contributed by atoms with E-state index in [2.05, 4.69) is 12.1 Å². The van der Waals surface area contributed by atoms with E-state index >= 15 is 0 Å². The molecule has 0 heterocycles. The molecular weight excluding hydrogens is 240 g/mol. The molecule has 0 aromatic heterocycles. The van der Waals surface area contributed by atoms with Crippen molar-refractivity contribution in [3.63, 3.8) is 0 Å². The molecule has 19 heavy (non-hydrogen) atoms. The fourth-order valence-corrected chi connectivity index (χ4v) is 2.91. The molecule has 3 heteroatoms. The maximum absolute atomic E-state index is 10.8. The first-order valence-corrected chi connectivity index (χ1v) is 7.13. The molecule has 0 unspecified atom stereocenters. The van der Waals surface area contributed by atoms with Crippen molar-refractivity contribution in [2.75, 3.05) is 6.61 Å². The van der Waals surface area contributed by atoms with Crippen LogP contribution in [0.15, 0.2) is 18.2 Å². The number of rotatable bonds is 5.